The fourth-order valence-corrected chi connectivity index (χ4v) is 6.14. The van der Waals surface area contributed by atoms with E-state index in [4.69, 9.17) is 4.74 Å². The average molecular weight is 487 g/mol. The van der Waals surface area contributed by atoms with E-state index in [1.807, 2.05) is 53.4 Å². The Balaban J connectivity index is 1.18. The van der Waals surface area contributed by atoms with Gasteiger partial charge in [0.1, 0.15) is 5.75 Å². The zero-order valence-corrected chi connectivity index (χ0v) is 20.5. The molecule has 9 heteroatoms. The van der Waals surface area contributed by atoms with Crippen LogP contribution in [0, 0.1) is 0 Å². The van der Waals surface area contributed by atoms with Crippen LogP contribution in [0.4, 0.5) is 0 Å². The van der Waals surface area contributed by atoms with Crippen molar-refractivity contribution in [3.8, 4) is 5.75 Å². The van der Waals surface area contributed by atoms with E-state index in [0.717, 1.165) is 37.4 Å². The summed E-state index contributed by atoms with van der Waals surface area (Å²) in [5.41, 5.74) is 1.99. The van der Waals surface area contributed by atoms with Crippen molar-refractivity contribution in [3.63, 3.8) is 0 Å². The van der Waals surface area contributed by atoms with Gasteiger partial charge in [-0.2, -0.15) is 0 Å². The van der Waals surface area contributed by atoms with Gasteiger partial charge in [0.25, 0.3) is 0 Å². The van der Waals surface area contributed by atoms with Gasteiger partial charge in [-0.15, -0.1) is 0 Å². The van der Waals surface area contributed by atoms with Crippen molar-refractivity contribution in [2.24, 2.45) is 0 Å². The molecule has 1 N–H and O–H groups in total. The van der Waals surface area contributed by atoms with E-state index in [1.165, 1.54) is 5.56 Å². The molecule has 0 radical (unpaired) electrons. The van der Waals surface area contributed by atoms with E-state index in [-0.39, 0.29) is 24.2 Å². The third-order valence-electron chi connectivity index (χ3n) is 6.54. The summed E-state index contributed by atoms with van der Waals surface area (Å²) in [6.07, 6.45) is 0.718. The van der Waals surface area contributed by atoms with Crippen LogP contribution >= 0.6 is 0 Å². The molecule has 2 saturated heterocycles. The smallest absolute Gasteiger partial charge is 0.236 e. The Labute approximate surface area is 202 Å². The molecule has 34 heavy (non-hydrogen) atoms. The van der Waals surface area contributed by atoms with Crippen LogP contribution in [0.5, 0.6) is 5.75 Å². The van der Waals surface area contributed by atoms with E-state index >= 15 is 0 Å². The monoisotopic (exact) mass is 486 g/mol. The van der Waals surface area contributed by atoms with Gasteiger partial charge in [0, 0.05) is 51.9 Å². The Bertz CT molecular complexity index is 1060. The number of hydrogen-bond donors (Lipinski definition) is 1. The van der Waals surface area contributed by atoms with Crippen LogP contribution in [0.25, 0.3) is 0 Å². The second-order valence-corrected chi connectivity index (χ2v) is 10.9. The van der Waals surface area contributed by atoms with Gasteiger partial charge in [0.2, 0.25) is 15.9 Å². The lowest BCUT2D eigenvalue weighted by Gasteiger charge is -2.35. The van der Waals surface area contributed by atoms with Crippen LogP contribution in [0.3, 0.4) is 0 Å². The predicted octanol–water partition coefficient (Wildman–Crippen LogP) is 1.53. The quantitative estimate of drug-likeness (QED) is 0.579. The SMILES string of the molecule is COc1cccc(CN2CCN(C(=O)CN[C@H]3CCN(S(=O)(=O)Cc4ccccc4)C3)CC2)c1. The molecule has 4 rings (SSSR count). The van der Waals surface area contributed by atoms with Crippen molar-refractivity contribution in [1.82, 2.24) is 19.4 Å². The number of piperazine rings is 1. The standard InChI is InChI=1S/C25H34N4O4S/c1-33-24-9-5-8-22(16-24)18-27-12-14-28(15-13-27)25(30)17-26-23-10-11-29(19-23)34(31,32)20-21-6-3-2-4-7-21/h2-9,16,23,26H,10-15,17-20H2,1H3/t23-/m0/s1. The van der Waals surface area contributed by atoms with E-state index in [0.29, 0.717) is 26.2 Å². The van der Waals surface area contributed by atoms with Crippen LogP contribution in [0.2, 0.25) is 0 Å². The zero-order valence-electron chi connectivity index (χ0n) is 19.7. The van der Waals surface area contributed by atoms with E-state index in [2.05, 4.69) is 16.3 Å². The molecule has 1 atom stereocenters. The topological polar surface area (TPSA) is 82.2 Å². The molecule has 1 amide bonds. The number of rotatable bonds is 9. The van der Waals surface area contributed by atoms with Crippen LogP contribution in [-0.4, -0.2) is 87.4 Å². The second kappa shape index (κ2) is 11.3. The molecule has 0 bridgehead atoms. The summed E-state index contributed by atoms with van der Waals surface area (Å²) in [6.45, 7) is 5.05. The Hall–Kier alpha value is -2.46. The van der Waals surface area contributed by atoms with Gasteiger partial charge in [-0.25, -0.2) is 12.7 Å². The fraction of sp³-hybridized carbons (Fsp3) is 0.480. The fourth-order valence-electron chi connectivity index (χ4n) is 4.55. The van der Waals surface area contributed by atoms with E-state index in [9.17, 15) is 13.2 Å². The van der Waals surface area contributed by atoms with Crippen molar-refractivity contribution in [1.29, 1.82) is 0 Å². The number of carbonyl (C=O) groups is 1. The lowest BCUT2D eigenvalue weighted by Crippen LogP contribution is -2.51. The minimum Gasteiger partial charge on any atom is -0.497 e. The number of nitrogens with zero attached hydrogens (tertiary/aromatic N) is 3. The molecular weight excluding hydrogens is 452 g/mol. The van der Waals surface area contributed by atoms with Gasteiger partial charge in [0.15, 0.2) is 0 Å². The zero-order chi connectivity index (χ0) is 24.0. The van der Waals surface area contributed by atoms with Crippen LogP contribution < -0.4 is 10.1 Å². The maximum atomic E-state index is 12.7. The molecule has 8 nitrogen and oxygen atoms in total. The molecule has 2 heterocycles. The Morgan fingerprint density at radius 2 is 1.74 bits per heavy atom. The molecule has 184 valence electrons. The van der Waals surface area contributed by atoms with Gasteiger partial charge >= 0.3 is 0 Å². The van der Waals surface area contributed by atoms with Gasteiger partial charge < -0.3 is 15.0 Å². The lowest BCUT2D eigenvalue weighted by atomic mass is 10.2. The maximum absolute atomic E-state index is 12.7. The van der Waals surface area contributed by atoms with Gasteiger partial charge in [-0.1, -0.05) is 42.5 Å². The highest BCUT2D eigenvalue weighted by Gasteiger charge is 2.32. The molecule has 2 aromatic carbocycles. The normalized spacial score (nSPS) is 19.9. The number of nitrogens with one attached hydrogen (secondary N) is 1. The average Bonchev–Trinajstić information content (AvgIpc) is 3.34. The van der Waals surface area contributed by atoms with Crippen LogP contribution in [-0.2, 0) is 27.1 Å². The highest BCUT2D eigenvalue weighted by Crippen LogP contribution is 2.18. The molecule has 0 saturated carbocycles. The predicted molar refractivity (Wildman–Crippen MR) is 132 cm³/mol. The largest absolute Gasteiger partial charge is 0.497 e. The van der Waals surface area contributed by atoms with Crippen molar-refractivity contribution >= 4 is 15.9 Å². The first kappa shape index (κ1) is 24.7. The number of carbonyl (C=O) groups excluding carboxylic acids is 1. The summed E-state index contributed by atoms with van der Waals surface area (Å²) < 4.78 is 32.3. The molecule has 2 aliphatic heterocycles. The third-order valence-corrected chi connectivity index (χ3v) is 8.36. The summed E-state index contributed by atoms with van der Waals surface area (Å²) in [5.74, 6) is 0.946. The highest BCUT2D eigenvalue weighted by molar-refractivity contribution is 7.88. The third kappa shape index (κ3) is 6.56. The molecule has 0 aliphatic carbocycles. The van der Waals surface area contributed by atoms with Crippen molar-refractivity contribution in [2.45, 2.75) is 24.8 Å². The van der Waals surface area contributed by atoms with Crippen molar-refractivity contribution in [2.75, 3.05) is 52.9 Å². The van der Waals surface area contributed by atoms with Gasteiger partial charge in [-0.3, -0.25) is 9.69 Å². The summed E-state index contributed by atoms with van der Waals surface area (Å²) in [6, 6.07) is 17.3. The van der Waals surface area contributed by atoms with Gasteiger partial charge in [0.05, 0.1) is 19.4 Å². The second-order valence-electron chi connectivity index (χ2n) is 8.97. The molecular formula is C25H34N4O4S. The number of methoxy groups -OCH3 is 1. The molecule has 0 spiro atoms. The first-order valence-electron chi connectivity index (χ1n) is 11.8. The summed E-state index contributed by atoms with van der Waals surface area (Å²) in [5, 5.41) is 3.28. The first-order chi connectivity index (χ1) is 16.4. The Kier molecular flexibility index (Phi) is 8.20. The molecule has 2 aliphatic rings. The van der Waals surface area contributed by atoms with Gasteiger partial charge in [-0.05, 0) is 29.7 Å². The van der Waals surface area contributed by atoms with Crippen molar-refractivity contribution in [3.05, 3.63) is 65.7 Å². The number of ether oxygens (including phenoxy) is 1. The number of amides is 1. The Morgan fingerprint density at radius 1 is 1.00 bits per heavy atom. The maximum Gasteiger partial charge on any atom is 0.236 e. The lowest BCUT2D eigenvalue weighted by molar-refractivity contribution is -0.132. The molecule has 0 aromatic heterocycles. The van der Waals surface area contributed by atoms with Crippen LogP contribution in [0.15, 0.2) is 54.6 Å². The summed E-state index contributed by atoms with van der Waals surface area (Å²) in [4.78, 5) is 17.0. The summed E-state index contributed by atoms with van der Waals surface area (Å²) in [7, 11) is -1.69. The number of benzene rings is 2. The molecule has 2 aromatic rings. The minimum atomic E-state index is -3.36. The summed E-state index contributed by atoms with van der Waals surface area (Å²) >= 11 is 0. The number of hydrogen-bond acceptors (Lipinski definition) is 6. The van der Waals surface area contributed by atoms with E-state index < -0.39 is 10.0 Å². The minimum absolute atomic E-state index is 0.00356. The highest BCUT2D eigenvalue weighted by atomic mass is 32.2. The van der Waals surface area contributed by atoms with Crippen molar-refractivity contribution < 1.29 is 17.9 Å². The van der Waals surface area contributed by atoms with Crippen LogP contribution in [0.1, 0.15) is 17.5 Å². The Morgan fingerprint density at radius 3 is 2.47 bits per heavy atom. The molecule has 2 fully saturated rings. The number of sulfonamides is 1. The molecule has 0 unspecified atom stereocenters. The first-order valence-corrected chi connectivity index (χ1v) is 13.4. The van der Waals surface area contributed by atoms with E-state index in [1.54, 1.807) is 11.4 Å².